The lowest BCUT2D eigenvalue weighted by atomic mass is 9.86. The van der Waals surface area contributed by atoms with Gasteiger partial charge in [0, 0.05) is 63.2 Å². The number of rotatable bonds is 4. The molecule has 0 aliphatic carbocycles. The predicted octanol–water partition coefficient (Wildman–Crippen LogP) is 0.971. The molecule has 18 heavy (non-hydrogen) atoms. The molecule has 5 heteroatoms. The van der Waals surface area contributed by atoms with Crippen LogP contribution in [0.15, 0.2) is 18.5 Å². The third kappa shape index (κ3) is 2.52. The summed E-state index contributed by atoms with van der Waals surface area (Å²) in [5, 5.41) is 0. The molecule has 2 N–H and O–H groups in total. The summed E-state index contributed by atoms with van der Waals surface area (Å²) in [6.07, 6.45) is 4.71. The molecule has 2 rings (SSSR count). The number of nitrogens with two attached hydrogens (primary N) is 1. The lowest BCUT2D eigenvalue weighted by Crippen LogP contribution is -2.46. The molecule has 5 nitrogen and oxygen atoms in total. The number of Topliss-reactive ketones (excluding diaryl/α,β-unsaturated/α-hetero) is 1. The fourth-order valence-corrected chi connectivity index (χ4v) is 2.22. The molecule has 1 aliphatic heterocycles. The van der Waals surface area contributed by atoms with E-state index in [1.165, 1.54) is 0 Å². The summed E-state index contributed by atoms with van der Waals surface area (Å²) in [5.41, 5.74) is 6.45. The number of nitrogen functional groups attached to an aromatic ring is 1. The Morgan fingerprint density at radius 2 is 2.28 bits per heavy atom. The Morgan fingerprint density at radius 3 is 2.89 bits per heavy atom. The van der Waals surface area contributed by atoms with Crippen molar-refractivity contribution in [2.75, 3.05) is 26.1 Å². The number of aromatic nitrogens is 1. The average Bonchev–Trinajstić information content (AvgIpc) is 2.42. The van der Waals surface area contributed by atoms with Gasteiger partial charge in [0.25, 0.3) is 0 Å². The minimum atomic E-state index is -0.722. The molecule has 0 saturated carbocycles. The van der Waals surface area contributed by atoms with Crippen molar-refractivity contribution < 1.29 is 14.3 Å². The van der Waals surface area contributed by atoms with Crippen molar-refractivity contribution in [3.05, 3.63) is 24.0 Å². The predicted molar refractivity (Wildman–Crippen MR) is 67.2 cm³/mol. The van der Waals surface area contributed by atoms with Crippen LogP contribution in [0.4, 0.5) is 5.69 Å². The molecule has 0 atom stereocenters. The molecular formula is C13H18N2O3. The van der Waals surface area contributed by atoms with Crippen molar-refractivity contribution in [1.29, 1.82) is 0 Å². The Hall–Kier alpha value is -1.46. The lowest BCUT2D eigenvalue weighted by molar-refractivity contribution is -0.151. The number of pyridine rings is 1. The van der Waals surface area contributed by atoms with Crippen LogP contribution < -0.4 is 5.73 Å². The second kappa shape index (κ2) is 5.46. The number of nitrogens with zero attached hydrogens (tertiary/aromatic N) is 1. The van der Waals surface area contributed by atoms with Gasteiger partial charge < -0.3 is 15.2 Å². The monoisotopic (exact) mass is 250 g/mol. The molecule has 98 valence electrons. The molecule has 1 fully saturated rings. The SMILES string of the molecule is COC1(C(=O)Cc2cnccc2N)CCOCC1. The summed E-state index contributed by atoms with van der Waals surface area (Å²) < 4.78 is 10.7. The Kier molecular flexibility index (Phi) is 3.93. The van der Waals surface area contributed by atoms with Gasteiger partial charge in [-0.1, -0.05) is 0 Å². The van der Waals surface area contributed by atoms with Gasteiger partial charge in [-0.3, -0.25) is 9.78 Å². The first-order valence-corrected chi connectivity index (χ1v) is 6.02. The van der Waals surface area contributed by atoms with Crippen molar-refractivity contribution >= 4 is 11.5 Å². The molecule has 0 aromatic carbocycles. The van der Waals surface area contributed by atoms with E-state index in [0.29, 0.717) is 31.7 Å². The maximum absolute atomic E-state index is 12.4. The highest BCUT2D eigenvalue weighted by atomic mass is 16.5. The van der Waals surface area contributed by atoms with E-state index < -0.39 is 5.60 Å². The minimum absolute atomic E-state index is 0.0491. The van der Waals surface area contributed by atoms with Gasteiger partial charge in [0.05, 0.1) is 0 Å². The molecule has 0 bridgehead atoms. The Labute approximate surface area is 106 Å². The molecule has 0 spiro atoms. The van der Waals surface area contributed by atoms with Crippen LogP contribution in [-0.2, 0) is 20.7 Å². The zero-order chi connectivity index (χ0) is 13.0. The highest BCUT2D eigenvalue weighted by molar-refractivity contribution is 5.90. The van der Waals surface area contributed by atoms with E-state index in [-0.39, 0.29) is 12.2 Å². The van der Waals surface area contributed by atoms with E-state index in [1.54, 1.807) is 25.6 Å². The van der Waals surface area contributed by atoms with E-state index in [4.69, 9.17) is 15.2 Å². The van der Waals surface area contributed by atoms with Crippen LogP contribution in [0.25, 0.3) is 0 Å². The fraction of sp³-hybridized carbons (Fsp3) is 0.538. The number of ether oxygens (including phenoxy) is 2. The molecule has 0 unspecified atom stereocenters. The van der Waals surface area contributed by atoms with E-state index in [1.807, 2.05) is 0 Å². The van der Waals surface area contributed by atoms with Crippen LogP contribution in [-0.4, -0.2) is 36.7 Å². The number of carbonyl (C=O) groups is 1. The number of methoxy groups -OCH3 is 1. The number of anilines is 1. The van der Waals surface area contributed by atoms with Gasteiger partial charge in [-0.15, -0.1) is 0 Å². The van der Waals surface area contributed by atoms with Gasteiger partial charge in [0.2, 0.25) is 0 Å². The van der Waals surface area contributed by atoms with Crippen LogP contribution in [0.2, 0.25) is 0 Å². The smallest absolute Gasteiger partial charge is 0.169 e. The summed E-state index contributed by atoms with van der Waals surface area (Å²) >= 11 is 0. The molecule has 0 radical (unpaired) electrons. The zero-order valence-corrected chi connectivity index (χ0v) is 10.5. The first kappa shape index (κ1) is 13.0. The van der Waals surface area contributed by atoms with Gasteiger partial charge >= 0.3 is 0 Å². The number of hydrogen-bond acceptors (Lipinski definition) is 5. The topological polar surface area (TPSA) is 74.4 Å². The van der Waals surface area contributed by atoms with E-state index in [2.05, 4.69) is 4.98 Å². The molecule has 0 amide bonds. The van der Waals surface area contributed by atoms with Crippen molar-refractivity contribution in [3.8, 4) is 0 Å². The van der Waals surface area contributed by atoms with Gasteiger partial charge in [-0.05, 0) is 6.07 Å². The molecular weight excluding hydrogens is 232 g/mol. The summed E-state index contributed by atoms with van der Waals surface area (Å²) in [6.45, 7) is 1.12. The summed E-state index contributed by atoms with van der Waals surface area (Å²) in [5.74, 6) is 0.0491. The van der Waals surface area contributed by atoms with Gasteiger partial charge in [0.1, 0.15) is 5.60 Å². The molecule has 1 saturated heterocycles. The first-order valence-electron chi connectivity index (χ1n) is 6.02. The normalized spacial score (nSPS) is 18.5. The van der Waals surface area contributed by atoms with Gasteiger partial charge in [-0.25, -0.2) is 0 Å². The Morgan fingerprint density at radius 1 is 1.56 bits per heavy atom. The molecule has 1 aromatic rings. The third-order valence-electron chi connectivity index (χ3n) is 3.49. The fourth-order valence-electron chi connectivity index (χ4n) is 2.22. The minimum Gasteiger partial charge on any atom is -0.398 e. The van der Waals surface area contributed by atoms with E-state index in [0.717, 1.165) is 5.56 Å². The van der Waals surface area contributed by atoms with Crippen LogP contribution in [0.5, 0.6) is 0 Å². The largest absolute Gasteiger partial charge is 0.398 e. The van der Waals surface area contributed by atoms with Crippen molar-refractivity contribution in [1.82, 2.24) is 4.98 Å². The molecule has 2 heterocycles. The first-order chi connectivity index (χ1) is 8.68. The van der Waals surface area contributed by atoms with Crippen molar-refractivity contribution in [2.45, 2.75) is 24.9 Å². The van der Waals surface area contributed by atoms with Crippen molar-refractivity contribution in [3.63, 3.8) is 0 Å². The number of ketones is 1. The lowest BCUT2D eigenvalue weighted by Gasteiger charge is -2.34. The number of hydrogen-bond donors (Lipinski definition) is 1. The highest BCUT2D eigenvalue weighted by Crippen LogP contribution is 2.27. The Bertz CT molecular complexity index is 428. The van der Waals surface area contributed by atoms with Gasteiger partial charge in [0.15, 0.2) is 5.78 Å². The standard InChI is InChI=1S/C13H18N2O3/c1-17-13(3-6-18-7-4-13)12(16)8-10-9-15-5-2-11(10)14/h2,5,9H,3-4,6-8H2,1H3,(H2,14,15). The van der Waals surface area contributed by atoms with E-state index >= 15 is 0 Å². The second-order valence-electron chi connectivity index (χ2n) is 4.49. The summed E-state index contributed by atoms with van der Waals surface area (Å²) in [4.78, 5) is 16.4. The maximum Gasteiger partial charge on any atom is 0.169 e. The maximum atomic E-state index is 12.4. The molecule has 1 aromatic heterocycles. The van der Waals surface area contributed by atoms with Crippen LogP contribution in [0.3, 0.4) is 0 Å². The second-order valence-corrected chi connectivity index (χ2v) is 4.49. The summed E-state index contributed by atoms with van der Waals surface area (Å²) in [6, 6.07) is 1.70. The Balaban J connectivity index is 2.13. The zero-order valence-electron chi connectivity index (χ0n) is 10.5. The molecule has 1 aliphatic rings. The van der Waals surface area contributed by atoms with Crippen LogP contribution in [0.1, 0.15) is 18.4 Å². The van der Waals surface area contributed by atoms with Gasteiger partial charge in [-0.2, -0.15) is 0 Å². The summed E-state index contributed by atoms with van der Waals surface area (Å²) in [7, 11) is 1.58. The van der Waals surface area contributed by atoms with Crippen molar-refractivity contribution in [2.24, 2.45) is 0 Å². The average molecular weight is 250 g/mol. The van der Waals surface area contributed by atoms with Crippen LogP contribution in [0, 0.1) is 0 Å². The van der Waals surface area contributed by atoms with Crippen LogP contribution >= 0.6 is 0 Å². The third-order valence-corrected chi connectivity index (χ3v) is 3.49. The van der Waals surface area contributed by atoms with E-state index in [9.17, 15) is 4.79 Å². The number of carbonyl (C=O) groups excluding carboxylic acids is 1. The highest BCUT2D eigenvalue weighted by Gasteiger charge is 2.39. The quantitative estimate of drug-likeness (QED) is 0.862.